The highest BCUT2D eigenvalue weighted by Crippen LogP contribution is 2.30. The lowest BCUT2D eigenvalue weighted by molar-refractivity contribution is -0.274. The quantitative estimate of drug-likeness (QED) is 0.882. The van der Waals surface area contributed by atoms with Crippen LogP contribution in [0.5, 0.6) is 5.75 Å². The number of aryl methyl sites for hydroxylation is 2. The Morgan fingerprint density at radius 3 is 2.46 bits per heavy atom. The van der Waals surface area contributed by atoms with Crippen LogP contribution in [-0.2, 0) is 12.8 Å². The Labute approximate surface area is 137 Å². The summed E-state index contributed by atoms with van der Waals surface area (Å²) in [6.07, 6.45) is -0.669. The lowest BCUT2D eigenvalue weighted by Crippen LogP contribution is -2.19. The number of carbonyl (C=O) groups excluding carboxylic acids is 1. The highest BCUT2D eigenvalue weighted by molar-refractivity contribution is 6.05. The van der Waals surface area contributed by atoms with Crippen LogP contribution in [-0.4, -0.2) is 12.3 Å². The van der Waals surface area contributed by atoms with Gasteiger partial charge in [0.05, 0.1) is 5.69 Å². The van der Waals surface area contributed by atoms with Gasteiger partial charge in [-0.2, -0.15) is 0 Å². The second-order valence-corrected chi connectivity index (χ2v) is 5.69. The van der Waals surface area contributed by atoms with Gasteiger partial charge in [-0.25, -0.2) is 0 Å². The number of ether oxygens (including phenoxy) is 1. The number of halogens is 3. The fourth-order valence-corrected chi connectivity index (χ4v) is 2.85. The van der Waals surface area contributed by atoms with Crippen molar-refractivity contribution in [2.45, 2.75) is 32.0 Å². The minimum absolute atomic E-state index is 0.0162. The number of nitrogens with one attached hydrogen (secondary N) is 1. The average Bonchev–Trinajstić information content (AvgIpc) is 2.55. The highest BCUT2D eigenvalue weighted by Gasteiger charge is 2.32. The monoisotopic (exact) mass is 335 g/mol. The third kappa shape index (κ3) is 3.88. The van der Waals surface area contributed by atoms with Gasteiger partial charge < -0.3 is 10.1 Å². The maximum atomic E-state index is 12.4. The smallest absolute Gasteiger partial charge is 0.404 e. The SMILES string of the molecule is O=C(Nc1ccccc1OC(F)(F)F)c1ccc2c(c1)CCCC2. The molecule has 0 bridgehead atoms. The van der Waals surface area contributed by atoms with Gasteiger partial charge in [-0.05, 0) is 61.1 Å². The van der Waals surface area contributed by atoms with E-state index >= 15 is 0 Å². The van der Waals surface area contributed by atoms with Gasteiger partial charge in [0.25, 0.3) is 5.91 Å². The predicted octanol–water partition coefficient (Wildman–Crippen LogP) is 4.72. The number of carbonyl (C=O) groups is 1. The Morgan fingerprint density at radius 1 is 1.00 bits per heavy atom. The maximum Gasteiger partial charge on any atom is 0.573 e. The second kappa shape index (κ2) is 6.55. The average molecular weight is 335 g/mol. The van der Waals surface area contributed by atoms with E-state index in [2.05, 4.69) is 10.1 Å². The normalized spacial score (nSPS) is 14.0. The first kappa shape index (κ1) is 16.4. The van der Waals surface area contributed by atoms with Crippen LogP contribution in [0.4, 0.5) is 18.9 Å². The summed E-state index contributed by atoms with van der Waals surface area (Å²) in [6.45, 7) is 0. The van der Waals surface area contributed by atoms with Crippen molar-refractivity contribution in [1.82, 2.24) is 0 Å². The molecule has 0 aromatic heterocycles. The summed E-state index contributed by atoms with van der Waals surface area (Å²) in [5.41, 5.74) is 2.78. The molecule has 0 unspecified atom stereocenters. The molecule has 1 amide bonds. The fourth-order valence-electron chi connectivity index (χ4n) is 2.85. The van der Waals surface area contributed by atoms with Gasteiger partial charge in [-0.3, -0.25) is 4.79 Å². The van der Waals surface area contributed by atoms with Crippen molar-refractivity contribution >= 4 is 11.6 Å². The molecule has 0 saturated heterocycles. The van der Waals surface area contributed by atoms with Crippen LogP contribution < -0.4 is 10.1 Å². The van der Waals surface area contributed by atoms with Gasteiger partial charge in [0.1, 0.15) is 0 Å². The van der Waals surface area contributed by atoms with E-state index in [1.807, 2.05) is 12.1 Å². The van der Waals surface area contributed by atoms with Crippen molar-refractivity contribution in [3.8, 4) is 5.75 Å². The van der Waals surface area contributed by atoms with Crippen molar-refractivity contribution < 1.29 is 22.7 Å². The zero-order valence-electron chi connectivity index (χ0n) is 12.8. The molecule has 0 radical (unpaired) electrons. The molecule has 0 saturated carbocycles. The number of alkyl halides is 3. The molecule has 2 aromatic carbocycles. The second-order valence-electron chi connectivity index (χ2n) is 5.69. The van der Waals surface area contributed by atoms with Gasteiger partial charge in [0, 0.05) is 5.56 Å². The van der Waals surface area contributed by atoms with E-state index in [-0.39, 0.29) is 5.69 Å². The van der Waals surface area contributed by atoms with E-state index in [9.17, 15) is 18.0 Å². The number of rotatable bonds is 3. The van der Waals surface area contributed by atoms with Gasteiger partial charge in [-0.1, -0.05) is 18.2 Å². The van der Waals surface area contributed by atoms with Crippen LogP contribution in [0.3, 0.4) is 0 Å². The fraction of sp³-hybridized carbons (Fsp3) is 0.278. The molecule has 1 aliphatic carbocycles. The summed E-state index contributed by atoms with van der Waals surface area (Å²) in [5, 5.41) is 2.49. The molecule has 2 aromatic rings. The topological polar surface area (TPSA) is 38.3 Å². The van der Waals surface area contributed by atoms with Crippen LogP contribution in [0.2, 0.25) is 0 Å². The van der Waals surface area contributed by atoms with Gasteiger partial charge >= 0.3 is 6.36 Å². The predicted molar refractivity (Wildman–Crippen MR) is 84.2 cm³/mol. The Morgan fingerprint density at radius 2 is 1.71 bits per heavy atom. The number of para-hydroxylation sites is 2. The van der Waals surface area contributed by atoms with Gasteiger partial charge in [-0.15, -0.1) is 13.2 Å². The molecule has 3 rings (SSSR count). The van der Waals surface area contributed by atoms with E-state index in [1.165, 1.54) is 23.8 Å². The minimum atomic E-state index is -4.81. The van der Waals surface area contributed by atoms with E-state index in [0.29, 0.717) is 5.56 Å². The zero-order valence-corrected chi connectivity index (χ0v) is 12.8. The van der Waals surface area contributed by atoms with Crippen LogP contribution in [0.1, 0.15) is 34.3 Å². The molecular formula is C18H16F3NO2. The molecular weight excluding hydrogens is 319 g/mol. The molecule has 1 N–H and O–H groups in total. The molecule has 126 valence electrons. The van der Waals surface area contributed by atoms with Crippen LogP contribution in [0.25, 0.3) is 0 Å². The molecule has 0 heterocycles. The summed E-state index contributed by atoms with van der Waals surface area (Å²) in [4.78, 5) is 12.4. The van der Waals surface area contributed by atoms with E-state index in [0.717, 1.165) is 37.3 Å². The third-order valence-electron chi connectivity index (χ3n) is 3.97. The van der Waals surface area contributed by atoms with Crippen molar-refractivity contribution in [3.63, 3.8) is 0 Å². The Bertz CT molecular complexity index is 756. The largest absolute Gasteiger partial charge is 0.573 e. The summed E-state index contributed by atoms with van der Waals surface area (Å²) in [7, 11) is 0. The number of hydrogen-bond donors (Lipinski definition) is 1. The summed E-state index contributed by atoms with van der Waals surface area (Å²) < 4.78 is 41.3. The number of amides is 1. The molecule has 1 aliphatic rings. The number of anilines is 1. The number of fused-ring (bicyclic) bond motifs is 1. The van der Waals surface area contributed by atoms with Crippen LogP contribution >= 0.6 is 0 Å². The third-order valence-corrected chi connectivity index (χ3v) is 3.97. The molecule has 0 atom stereocenters. The van der Waals surface area contributed by atoms with E-state index < -0.39 is 18.0 Å². The van der Waals surface area contributed by atoms with E-state index in [4.69, 9.17) is 0 Å². The Kier molecular flexibility index (Phi) is 4.46. The Balaban J connectivity index is 1.80. The first-order valence-electron chi connectivity index (χ1n) is 7.70. The van der Waals surface area contributed by atoms with Crippen molar-refractivity contribution in [2.75, 3.05) is 5.32 Å². The standard InChI is InChI=1S/C18H16F3NO2/c19-18(20,21)24-16-8-4-3-7-15(16)22-17(23)14-10-9-12-5-1-2-6-13(12)11-14/h3-4,7-11H,1-2,5-6H2,(H,22,23). The molecule has 6 heteroatoms. The number of hydrogen-bond acceptors (Lipinski definition) is 2. The zero-order chi connectivity index (χ0) is 17.2. The molecule has 0 spiro atoms. The molecule has 24 heavy (non-hydrogen) atoms. The lowest BCUT2D eigenvalue weighted by atomic mass is 9.90. The summed E-state index contributed by atoms with van der Waals surface area (Å²) in [5.74, 6) is -0.891. The van der Waals surface area contributed by atoms with Crippen LogP contribution in [0.15, 0.2) is 42.5 Å². The lowest BCUT2D eigenvalue weighted by Gasteiger charge is -2.17. The molecule has 3 nitrogen and oxygen atoms in total. The van der Waals surface area contributed by atoms with Crippen molar-refractivity contribution in [1.29, 1.82) is 0 Å². The molecule has 0 aliphatic heterocycles. The first-order valence-corrected chi connectivity index (χ1v) is 7.70. The highest BCUT2D eigenvalue weighted by atomic mass is 19.4. The summed E-state index contributed by atoms with van der Waals surface area (Å²) in [6, 6.07) is 10.9. The Hall–Kier alpha value is -2.50. The maximum absolute atomic E-state index is 12.4. The van der Waals surface area contributed by atoms with E-state index in [1.54, 1.807) is 6.07 Å². The van der Waals surface area contributed by atoms with Gasteiger partial charge in [0.2, 0.25) is 0 Å². The van der Waals surface area contributed by atoms with Crippen molar-refractivity contribution in [2.24, 2.45) is 0 Å². The summed E-state index contributed by atoms with van der Waals surface area (Å²) >= 11 is 0. The molecule has 0 fully saturated rings. The number of benzene rings is 2. The van der Waals surface area contributed by atoms with Crippen molar-refractivity contribution in [3.05, 3.63) is 59.2 Å². The first-order chi connectivity index (χ1) is 11.4. The van der Waals surface area contributed by atoms with Crippen LogP contribution in [0, 0.1) is 0 Å². The van der Waals surface area contributed by atoms with Gasteiger partial charge in [0.15, 0.2) is 5.75 Å². The minimum Gasteiger partial charge on any atom is -0.404 e.